The third-order valence-electron chi connectivity index (χ3n) is 5.07. The van der Waals surface area contributed by atoms with E-state index in [1.807, 2.05) is 18.0 Å². The first-order valence-electron chi connectivity index (χ1n) is 9.09. The van der Waals surface area contributed by atoms with E-state index in [9.17, 15) is 4.79 Å². The highest BCUT2D eigenvalue weighted by Crippen LogP contribution is 2.54. The second-order valence-corrected chi connectivity index (χ2v) is 9.87. The van der Waals surface area contributed by atoms with Crippen LogP contribution in [-0.2, 0) is 6.42 Å². The van der Waals surface area contributed by atoms with Gasteiger partial charge in [-0.1, -0.05) is 72.4 Å². The van der Waals surface area contributed by atoms with E-state index in [0.717, 1.165) is 16.6 Å². The molecule has 0 saturated heterocycles. The van der Waals surface area contributed by atoms with Gasteiger partial charge in [0.25, 0.3) is 5.56 Å². The zero-order chi connectivity index (χ0) is 19.1. The second-order valence-electron chi connectivity index (χ2n) is 6.73. The number of hydrogen-bond acceptors (Lipinski definition) is 5. The number of rotatable bonds is 3. The molecular weight excluding hydrogens is 404 g/mol. The number of benzene rings is 2. The van der Waals surface area contributed by atoms with Crippen LogP contribution >= 0.6 is 34.9 Å². The van der Waals surface area contributed by atoms with Gasteiger partial charge >= 0.3 is 0 Å². The first-order valence-corrected chi connectivity index (χ1v) is 12.1. The lowest BCUT2D eigenvalue weighted by molar-refractivity contribution is 0.891. The molecule has 4 aromatic rings. The van der Waals surface area contributed by atoms with Gasteiger partial charge in [-0.05, 0) is 29.4 Å². The molecule has 28 heavy (non-hydrogen) atoms. The van der Waals surface area contributed by atoms with Gasteiger partial charge in [-0.3, -0.25) is 4.79 Å². The number of aromatic amines is 1. The summed E-state index contributed by atoms with van der Waals surface area (Å²) < 4.78 is 0. The minimum Gasteiger partial charge on any atom is -0.301 e. The Morgan fingerprint density at radius 2 is 1.71 bits per heavy atom. The average molecular weight is 423 g/mol. The molecule has 140 valence electrons. The van der Waals surface area contributed by atoms with E-state index < -0.39 is 0 Å². The molecular formula is C22H18N2OS3. The zero-order valence-corrected chi connectivity index (χ0v) is 17.7. The number of thiophene rings is 1. The summed E-state index contributed by atoms with van der Waals surface area (Å²) in [4.78, 5) is 22.6. The van der Waals surface area contributed by atoms with Crippen molar-refractivity contribution in [2.45, 2.75) is 22.1 Å². The minimum absolute atomic E-state index is 0.0163. The Balaban J connectivity index is 1.72. The summed E-state index contributed by atoms with van der Waals surface area (Å²) in [6.07, 6.45) is 2.79. The van der Waals surface area contributed by atoms with Crippen molar-refractivity contribution in [3.63, 3.8) is 0 Å². The van der Waals surface area contributed by atoms with E-state index in [0.29, 0.717) is 10.4 Å². The minimum atomic E-state index is -0.0163. The van der Waals surface area contributed by atoms with E-state index in [-0.39, 0.29) is 10.8 Å². The van der Waals surface area contributed by atoms with Crippen molar-refractivity contribution in [1.29, 1.82) is 0 Å². The molecule has 2 aromatic heterocycles. The van der Waals surface area contributed by atoms with Crippen LogP contribution in [0.4, 0.5) is 0 Å². The highest BCUT2D eigenvalue weighted by molar-refractivity contribution is 8.00. The maximum absolute atomic E-state index is 12.9. The molecule has 0 aliphatic carbocycles. The average Bonchev–Trinajstić information content (AvgIpc) is 3.13. The van der Waals surface area contributed by atoms with Gasteiger partial charge < -0.3 is 4.98 Å². The number of nitrogens with zero attached hydrogens (tertiary/aromatic N) is 1. The standard InChI is InChI=1S/C22H18N2OS3/c1-26-22-23-20(25)17-15-12-16(13-8-4-2-5-9-13)27-18(14-10-6-3-7-11-14)19(15)28-21(17)24-22/h2-11,16,18H,12H2,1H3,(H,23,24,25). The van der Waals surface area contributed by atoms with Gasteiger partial charge in [-0.2, -0.15) is 0 Å². The number of aromatic nitrogens is 2. The molecule has 0 fully saturated rings. The Labute approximate surface area is 175 Å². The molecule has 3 nitrogen and oxygen atoms in total. The lowest BCUT2D eigenvalue weighted by atomic mass is 9.98. The molecule has 6 heteroatoms. The van der Waals surface area contributed by atoms with Crippen molar-refractivity contribution in [2.24, 2.45) is 0 Å². The van der Waals surface area contributed by atoms with Gasteiger partial charge in [-0.25, -0.2) is 4.98 Å². The monoisotopic (exact) mass is 422 g/mol. The molecule has 5 rings (SSSR count). The molecule has 0 saturated carbocycles. The van der Waals surface area contributed by atoms with Crippen molar-refractivity contribution in [3.8, 4) is 0 Å². The molecule has 0 amide bonds. The quantitative estimate of drug-likeness (QED) is 0.333. The molecule has 3 heterocycles. The van der Waals surface area contributed by atoms with Gasteiger partial charge in [0, 0.05) is 10.1 Å². The maximum atomic E-state index is 12.9. The fourth-order valence-electron chi connectivity index (χ4n) is 3.75. The van der Waals surface area contributed by atoms with Crippen LogP contribution in [0.3, 0.4) is 0 Å². The first kappa shape index (κ1) is 18.0. The van der Waals surface area contributed by atoms with Crippen LogP contribution in [0.25, 0.3) is 10.2 Å². The summed E-state index contributed by atoms with van der Waals surface area (Å²) in [6, 6.07) is 21.2. The van der Waals surface area contributed by atoms with E-state index in [4.69, 9.17) is 4.98 Å². The van der Waals surface area contributed by atoms with Crippen LogP contribution in [0.1, 0.15) is 32.1 Å². The van der Waals surface area contributed by atoms with Crippen LogP contribution < -0.4 is 5.56 Å². The largest absolute Gasteiger partial charge is 0.301 e. The Morgan fingerprint density at radius 1 is 1.04 bits per heavy atom. The van der Waals surface area contributed by atoms with Crippen molar-refractivity contribution < 1.29 is 0 Å². The number of H-pyrrole nitrogens is 1. The predicted molar refractivity (Wildman–Crippen MR) is 121 cm³/mol. The smallest absolute Gasteiger partial charge is 0.260 e. The molecule has 1 N–H and O–H groups in total. The van der Waals surface area contributed by atoms with Gasteiger partial charge in [0.15, 0.2) is 5.16 Å². The molecule has 2 aromatic carbocycles. The summed E-state index contributed by atoms with van der Waals surface area (Å²) in [5.74, 6) is 0. The second kappa shape index (κ2) is 7.43. The van der Waals surface area contributed by atoms with Crippen molar-refractivity contribution in [3.05, 3.63) is 92.6 Å². The molecule has 2 unspecified atom stereocenters. The van der Waals surface area contributed by atoms with E-state index >= 15 is 0 Å². The molecule has 2 atom stereocenters. The Morgan fingerprint density at radius 3 is 2.39 bits per heavy atom. The van der Waals surface area contributed by atoms with E-state index in [1.165, 1.54) is 33.3 Å². The van der Waals surface area contributed by atoms with Crippen LogP contribution in [0, 0.1) is 0 Å². The van der Waals surface area contributed by atoms with Crippen molar-refractivity contribution in [1.82, 2.24) is 9.97 Å². The van der Waals surface area contributed by atoms with Crippen LogP contribution in [0.15, 0.2) is 70.6 Å². The lowest BCUT2D eigenvalue weighted by Gasteiger charge is -2.29. The fourth-order valence-corrected chi connectivity index (χ4v) is 7.20. The van der Waals surface area contributed by atoms with Gasteiger partial charge in [0.1, 0.15) is 4.83 Å². The summed E-state index contributed by atoms with van der Waals surface area (Å²) in [5, 5.41) is 1.99. The van der Waals surface area contributed by atoms with Crippen molar-refractivity contribution >= 4 is 45.1 Å². The number of fused-ring (bicyclic) bond motifs is 3. The maximum Gasteiger partial charge on any atom is 0.260 e. The highest BCUT2D eigenvalue weighted by atomic mass is 32.2. The number of thioether (sulfide) groups is 2. The SMILES string of the molecule is CSc1nc2sc3c(c2c(=O)[nH]1)CC(c1ccccc1)SC3c1ccccc1. The van der Waals surface area contributed by atoms with Gasteiger partial charge in [0.05, 0.1) is 10.6 Å². The van der Waals surface area contributed by atoms with Gasteiger partial charge in [-0.15, -0.1) is 23.1 Å². The fraction of sp³-hybridized carbons (Fsp3) is 0.182. The normalized spacial score (nSPS) is 18.9. The third-order valence-corrected chi connectivity index (χ3v) is 8.53. The summed E-state index contributed by atoms with van der Waals surface area (Å²) >= 11 is 5.13. The molecule has 1 aliphatic heterocycles. The first-order chi connectivity index (χ1) is 13.7. The third kappa shape index (κ3) is 3.09. The van der Waals surface area contributed by atoms with Crippen LogP contribution in [0.5, 0.6) is 0 Å². The Hall–Kier alpha value is -2.02. The molecule has 0 radical (unpaired) electrons. The van der Waals surface area contributed by atoms with Crippen molar-refractivity contribution in [2.75, 3.05) is 6.26 Å². The Kier molecular flexibility index (Phi) is 4.78. The topological polar surface area (TPSA) is 45.8 Å². The molecule has 0 spiro atoms. The highest BCUT2D eigenvalue weighted by Gasteiger charge is 2.34. The Bertz CT molecular complexity index is 1190. The lowest BCUT2D eigenvalue weighted by Crippen LogP contribution is -2.15. The summed E-state index contributed by atoms with van der Waals surface area (Å²) in [5.41, 5.74) is 3.74. The zero-order valence-electron chi connectivity index (χ0n) is 15.2. The summed E-state index contributed by atoms with van der Waals surface area (Å²) in [6.45, 7) is 0. The van der Waals surface area contributed by atoms with Gasteiger partial charge in [0.2, 0.25) is 0 Å². The molecule has 1 aliphatic rings. The van der Waals surface area contributed by atoms with E-state index in [1.54, 1.807) is 11.3 Å². The molecule has 0 bridgehead atoms. The summed E-state index contributed by atoms with van der Waals surface area (Å²) in [7, 11) is 0. The van der Waals surface area contributed by atoms with Crippen LogP contribution in [-0.4, -0.2) is 16.2 Å². The number of hydrogen-bond donors (Lipinski definition) is 1. The predicted octanol–water partition coefficient (Wildman–Crippen LogP) is 5.83. The number of nitrogens with one attached hydrogen (secondary N) is 1. The van der Waals surface area contributed by atoms with E-state index in [2.05, 4.69) is 65.6 Å². The van der Waals surface area contributed by atoms with Crippen LogP contribution in [0.2, 0.25) is 0 Å².